The van der Waals surface area contributed by atoms with Crippen LogP contribution in [0.2, 0.25) is 0 Å². The van der Waals surface area contributed by atoms with Crippen molar-refractivity contribution in [2.75, 3.05) is 0 Å². The van der Waals surface area contributed by atoms with Gasteiger partial charge in [0, 0.05) is 12.8 Å². The SMILES string of the molecule is C[C@]12CCC(=O)C[C@@H]1CC[C@@H]1[C@@H]2CC[C@]2(C)[C@@H](O)[C@H](O)C[C@@H]12. The van der Waals surface area contributed by atoms with E-state index in [1.54, 1.807) is 0 Å². The van der Waals surface area contributed by atoms with Crippen LogP contribution in [0.25, 0.3) is 0 Å². The predicted molar refractivity (Wildman–Crippen MR) is 84.1 cm³/mol. The maximum Gasteiger partial charge on any atom is 0.133 e. The van der Waals surface area contributed by atoms with E-state index in [-0.39, 0.29) is 5.41 Å². The third kappa shape index (κ3) is 1.84. The van der Waals surface area contributed by atoms with E-state index in [1.165, 1.54) is 19.3 Å². The Hall–Kier alpha value is -0.410. The van der Waals surface area contributed by atoms with Gasteiger partial charge in [-0.25, -0.2) is 0 Å². The van der Waals surface area contributed by atoms with Gasteiger partial charge in [0.05, 0.1) is 12.2 Å². The van der Waals surface area contributed by atoms with Gasteiger partial charge >= 0.3 is 0 Å². The van der Waals surface area contributed by atoms with Crippen molar-refractivity contribution in [3.05, 3.63) is 0 Å². The van der Waals surface area contributed by atoms with E-state index < -0.39 is 12.2 Å². The first-order chi connectivity index (χ1) is 10.4. The molecule has 8 atom stereocenters. The predicted octanol–water partition coefficient (Wildman–Crippen LogP) is 2.93. The fourth-order valence-electron chi connectivity index (χ4n) is 7.03. The topological polar surface area (TPSA) is 57.5 Å². The first kappa shape index (κ1) is 15.1. The number of carbonyl (C=O) groups is 1. The lowest BCUT2D eigenvalue weighted by molar-refractivity contribution is -0.142. The third-order valence-corrected chi connectivity index (χ3v) is 8.46. The highest BCUT2D eigenvalue weighted by Crippen LogP contribution is 2.65. The zero-order valence-electron chi connectivity index (χ0n) is 13.9. The van der Waals surface area contributed by atoms with Crippen LogP contribution in [0.15, 0.2) is 0 Å². The van der Waals surface area contributed by atoms with Crippen molar-refractivity contribution in [1.29, 1.82) is 0 Å². The highest BCUT2D eigenvalue weighted by atomic mass is 16.3. The molecule has 4 saturated carbocycles. The summed E-state index contributed by atoms with van der Waals surface area (Å²) in [4.78, 5) is 11.9. The molecule has 124 valence electrons. The molecule has 0 spiro atoms. The standard InChI is InChI=1S/C19H30O3/c1-18-7-5-12(20)9-11(18)3-4-13-14(18)6-8-19(2)15(13)10-16(21)17(19)22/h11,13-17,21-22H,3-10H2,1-2H3/t11-,13+,14-,15-,16+,17-,18-,19-/m0/s1. The molecule has 4 aliphatic rings. The first-order valence-corrected chi connectivity index (χ1v) is 9.24. The van der Waals surface area contributed by atoms with Crippen molar-refractivity contribution in [3.63, 3.8) is 0 Å². The molecule has 0 aliphatic heterocycles. The molecule has 0 amide bonds. The molecule has 3 heteroatoms. The minimum absolute atomic E-state index is 0.0890. The summed E-state index contributed by atoms with van der Waals surface area (Å²) in [5.74, 6) is 2.84. The van der Waals surface area contributed by atoms with E-state index in [0.29, 0.717) is 34.9 Å². The van der Waals surface area contributed by atoms with Crippen LogP contribution in [0.4, 0.5) is 0 Å². The van der Waals surface area contributed by atoms with Crippen molar-refractivity contribution < 1.29 is 15.0 Å². The molecule has 0 saturated heterocycles. The van der Waals surface area contributed by atoms with Gasteiger partial charge in [0.15, 0.2) is 0 Å². The zero-order chi connectivity index (χ0) is 15.7. The van der Waals surface area contributed by atoms with Crippen molar-refractivity contribution in [3.8, 4) is 0 Å². The number of hydrogen-bond acceptors (Lipinski definition) is 3. The number of carbonyl (C=O) groups excluding carboxylic acids is 1. The maximum absolute atomic E-state index is 11.9. The van der Waals surface area contributed by atoms with Gasteiger partial charge in [0.1, 0.15) is 5.78 Å². The molecule has 22 heavy (non-hydrogen) atoms. The molecule has 4 aliphatic carbocycles. The number of rotatable bonds is 0. The fraction of sp³-hybridized carbons (Fsp3) is 0.947. The molecule has 0 bridgehead atoms. The van der Waals surface area contributed by atoms with Crippen LogP contribution in [0.5, 0.6) is 0 Å². The lowest BCUT2D eigenvalue weighted by atomic mass is 9.45. The number of aliphatic hydroxyl groups is 2. The average Bonchev–Trinajstić information content (AvgIpc) is 2.72. The Kier molecular flexibility index (Phi) is 3.30. The van der Waals surface area contributed by atoms with Gasteiger partial charge in [0.2, 0.25) is 0 Å². The van der Waals surface area contributed by atoms with Gasteiger partial charge < -0.3 is 10.2 Å². The van der Waals surface area contributed by atoms with E-state index in [9.17, 15) is 15.0 Å². The van der Waals surface area contributed by atoms with E-state index in [0.717, 1.165) is 32.1 Å². The van der Waals surface area contributed by atoms with Crippen LogP contribution in [0, 0.1) is 34.5 Å². The Balaban J connectivity index is 1.64. The molecule has 4 fully saturated rings. The smallest absolute Gasteiger partial charge is 0.133 e. The van der Waals surface area contributed by atoms with E-state index in [4.69, 9.17) is 0 Å². The Morgan fingerprint density at radius 3 is 2.55 bits per heavy atom. The molecular formula is C19H30O3. The molecule has 0 heterocycles. The second-order valence-electron chi connectivity index (χ2n) is 9.19. The summed E-state index contributed by atoms with van der Waals surface area (Å²) in [7, 11) is 0. The van der Waals surface area contributed by atoms with Crippen molar-refractivity contribution in [2.24, 2.45) is 34.5 Å². The van der Waals surface area contributed by atoms with Crippen LogP contribution in [-0.2, 0) is 4.79 Å². The van der Waals surface area contributed by atoms with E-state index in [1.807, 2.05) is 0 Å². The van der Waals surface area contributed by atoms with Gasteiger partial charge in [-0.2, -0.15) is 0 Å². The summed E-state index contributed by atoms with van der Waals surface area (Å²) in [6, 6.07) is 0. The number of ketones is 1. The normalized spacial score (nSPS) is 57.9. The van der Waals surface area contributed by atoms with Gasteiger partial charge in [-0.1, -0.05) is 13.8 Å². The van der Waals surface area contributed by atoms with Gasteiger partial charge in [-0.05, 0) is 73.0 Å². The highest BCUT2D eigenvalue weighted by molar-refractivity contribution is 5.79. The number of hydrogen-bond donors (Lipinski definition) is 2. The molecule has 0 unspecified atom stereocenters. The lowest BCUT2D eigenvalue weighted by Gasteiger charge is -2.59. The van der Waals surface area contributed by atoms with Gasteiger partial charge in [-0.3, -0.25) is 4.79 Å². The molecule has 2 N–H and O–H groups in total. The lowest BCUT2D eigenvalue weighted by Crippen LogP contribution is -2.54. The molecule has 0 aromatic carbocycles. The largest absolute Gasteiger partial charge is 0.390 e. The monoisotopic (exact) mass is 306 g/mol. The number of fused-ring (bicyclic) bond motifs is 5. The summed E-state index contributed by atoms with van der Waals surface area (Å²) in [6.45, 7) is 4.64. The Bertz CT molecular complexity index is 489. The molecule has 0 aromatic rings. The van der Waals surface area contributed by atoms with E-state index in [2.05, 4.69) is 13.8 Å². The molecule has 0 radical (unpaired) electrons. The minimum Gasteiger partial charge on any atom is -0.390 e. The molecular weight excluding hydrogens is 276 g/mol. The molecule has 0 aromatic heterocycles. The third-order valence-electron chi connectivity index (χ3n) is 8.46. The fourth-order valence-corrected chi connectivity index (χ4v) is 7.03. The Morgan fingerprint density at radius 2 is 1.77 bits per heavy atom. The van der Waals surface area contributed by atoms with Gasteiger partial charge in [0.25, 0.3) is 0 Å². The highest BCUT2D eigenvalue weighted by Gasteiger charge is 2.61. The van der Waals surface area contributed by atoms with Crippen molar-refractivity contribution in [2.45, 2.75) is 77.4 Å². The summed E-state index contributed by atoms with van der Waals surface area (Å²) in [5, 5.41) is 20.7. The number of aliphatic hydroxyl groups excluding tert-OH is 2. The molecule has 3 nitrogen and oxygen atoms in total. The second-order valence-corrected chi connectivity index (χ2v) is 9.19. The zero-order valence-corrected chi connectivity index (χ0v) is 13.9. The first-order valence-electron chi connectivity index (χ1n) is 9.24. The quantitative estimate of drug-likeness (QED) is 0.723. The molecule has 4 rings (SSSR count). The van der Waals surface area contributed by atoms with Crippen molar-refractivity contribution >= 4 is 5.78 Å². The second kappa shape index (κ2) is 4.80. The van der Waals surface area contributed by atoms with Crippen LogP contribution in [0.3, 0.4) is 0 Å². The van der Waals surface area contributed by atoms with Crippen LogP contribution in [0.1, 0.15) is 65.2 Å². The van der Waals surface area contributed by atoms with Crippen LogP contribution < -0.4 is 0 Å². The van der Waals surface area contributed by atoms with Gasteiger partial charge in [-0.15, -0.1) is 0 Å². The van der Waals surface area contributed by atoms with Crippen LogP contribution in [-0.4, -0.2) is 28.2 Å². The average molecular weight is 306 g/mol. The number of Topliss-reactive ketones (excluding diaryl/α,β-unsaturated/α-hetero) is 1. The summed E-state index contributed by atoms with van der Waals surface area (Å²) >= 11 is 0. The maximum atomic E-state index is 11.9. The summed E-state index contributed by atoms with van der Waals surface area (Å²) in [6.07, 6.45) is 6.89. The van der Waals surface area contributed by atoms with E-state index >= 15 is 0 Å². The Morgan fingerprint density at radius 1 is 1.00 bits per heavy atom. The summed E-state index contributed by atoms with van der Waals surface area (Å²) in [5.41, 5.74) is 0.227. The Labute approximate surface area is 133 Å². The van der Waals surface area contributed by atoms with Crippen molar-refractivity contribution in [1.82, 2.24) is 0 Å². The van der Waals surface area contributed by atoms with Crippen LogP contribution >= 0.6 is 0 Å². The summed E-state index contributed by atoms with van der Waals surface area (Å²) < 4.78 is 0. The minimum atomic E-state index is -0.545.